The van der Waals surface area contributed by atoms with Crippen LogP contribution in [0.25, 0.3) is 6.08 Å². The van der Waals surface area contributed by atoms with E-state index in [0.29, 0.717) is 29.6 Å². The second-order valence-electron chi connectivity index (χ2n) is 7.03. The van der Waals surface area contributed by atoms with Crippen molar-refractivity contribution >= 4 is 33.5 Å². The molecular weight excluding hydrogens is 446 g/mol. The van der Waals surface area contributed by atoms with Crippen molar-refractivity contribution in [2.24, 2.45) is 0 Å². The molecule has 0 saturated carbocycles. The predicted molar refractivity (Wildman–Crippen MR) is 125 cm³/mol. The van der Waals surface area contributed by atoms with Crippen molar-refractivity contribution in [2.45, 2.75) is 25.2 Å². The van der Waals surface area contributed by atoms with Crippen LogP contribution in [0.5, 0.6) is 11.5 Å². The number of hydrogen-bond donors (Lipinski definition) is 2. The first-order valence-corrected chi connectivity index (χ1v) is 11.6. The number of methoxy groups -OCH3 is 1. The average molecular weight is 472 g/mol. The zero-order valence-electron chi connectivity index (χ0n) is 18.5. The van der Waals surface area contributed by atoms with Gasteiger partial charge in [-0.15, -0.1) is 0 Å². The molecule has 0 aliphatic rings. The van der Waals surface area contributed by atoms with E-state index < -0.39 is 10.0 Å². The third kappa shape index (κ3) is 6.59. The van der Waals surface area contributed by atoms with Gasteiger partial charge in [0.2, 0.25) is 5.91 Å². The van der Waals surface area contributed by atoms with Gasteiger partial charge in [-0.3, -0.25) is 9.52 Å². The Bertz CT molecular complexity index is 1230. The van der Waals surface area contributed by atoms with Crippen molar-refractivity contribution in [2.75, 3.05) is 23.8 Å². The lowest BCUT2D eigenvalue weighted by Crippen LogP contribution is -2.13. The summed E-state index contributed by atoms with van der Waals surface area (Å²) in [6.07, 6.45) is 3.90. The van der Waals surface area contributed by atoms with E-state index in [1.54, 1.807) is 32.2 Å². The Labute approximate surface area is 192 Å². The van der Waals surface area contributed by atoms with Crippen molar-refractivity contribution in [1.82, 2.24) is 5.16 Å². The summed E-state index contributed by atoms with van der Waals surface area (Å²) in [6.45, 7) is 4.26. The molecule has 33 heavy (non-hydrogen) atoms. The Balaban J connectivity index is 1.62. The maximum Gasteiger partial charge on any atom is 0.263 e. The summed E-state index contributed by atoms with van der Waals surface area (Å²) in [5.41, 5.74) is 1.21. The van der Waals surface area contributed by atoms with Gasteiger partial charge in [-0.1, -0.05) is 18.1 Å². The van der Waals surface area contributed by atoms with Gasteiger partial charge in [0.05, 0.1) is 18.6 Å². The highest BCUT2D eigenvalue weighted by molar-refractivity contribution is 7.92. The minimum Gasteiger partial charge on any atom is -0.493 e. The van der Waals surface area contributed by atoms with Crippen LogP contribution < -0.4 is 19.5 Å². The molecule has 0 spiro atoms. The lowest BCUT2D eigenvalue weighted by Gasteiger charge is -2.10. The molecule has 1 aromatic heterocycles. The highest BCUT2D eigenvalue weighted by atomic mass is 32.2. The number of nitrogens with one attached hydrogen (secondary N) is 2. The third-order valence-electron chi connectivity index (χ3n) is 4.38. The van der Waals surface area contributed by atoms with Crippen LogP contribution in [-0.4, -0.2) is 33.2 Å². The van der Waals surface area contributed by atoms with Crippen molar-refractivity contribution < 1.29 is 27.2 Å². The van der Waals surface area contributed by atoms with E-state index in [1.807, 2.05) is 13.0 Å². The average Bonchev–Trinajstić information content (AvgIpc) is 3.20. The fourth-order valence-corrected chi connectivity index (χ4v) is 3.79. The molecule has 10 heteroatoms. The van der Waals surface area contributed by atoms with Crippen LogP contribution in [0.4, 0.5) is 11.5 Å². The minimum absolute atomic E-state index is 0.0224. The van der Waals surface area contributed by atoms with Gasteiger partial charge >= 0.3 is 0 Å². The topological polar surface area (TPSA) is 120 Å². The Kier molecular flexibility index (Phi) is 7.73. The highest BCUT2D eigenvalue weighted by Gasteiger charge is 2.16. The second-order valence-corrected chi connectivity index (χ2v) is 8.72. The summed E-state index contributed by atoms with van der Waals surface area (Å²) >= 11 is 0. The molecule has 0 bridgehead atoms. The van der Waals surface area contributed by atoms with Gasteiger partial charge in [0.25, 0.3) is 10.0 Å². The van der Waals surface area contributed by atoms with E-state index in [4.69, 9.17) is 14.0 Å². The van der Waals surface area contributed by atoms with Gasteiger partial charge in [-0.2, -0.15) is 0 Å². The lowest BCUT2D eigenvalue weighted by atomic mass is 10.2. The zero-order chi connectivity index (χ0) is 23.8. The number of anilines is 2. The van der Waals surface area contributed by atoms with Gasteiger partial charge in [-0.25, -0.2) is 8.42 Å². The van der Waals surface area contributed by atoms with Crippen molar-refractivity contribution in [3.05, 3.63) is 65.9 Å². The van der Waals surface area contributed by atoms with Crippen molar-refractivity contribution in [1.29, 1.82) is 0 Å². The summed E-state index contributed by atoms with van der Waals surface area (Å²) in [7, 11) is -2.27. The molecule has 0 aliphatic carbocycles. The summed E-state index contributed by atoms with van der Waals surface area (Å²) in [5.74, 6) is 1.43. The van der Waals surface area contributed by atoms with E-state index in [2.05, 4.69) is 15.2 Å². The molecule has 2 N–H and O–H groups in total. The number of sulfonamides is 1. The molecule has 174 valence electrons. The molecule has 0 radical (unpaired) electrons. The molecule has 0 saturated heterocycles. The number of ether oxygens (including phenoxy) is 2. The van der Waals surface area contributed by atoms with Gasteiger partial charge < -0.3 is 19.3 Å². The molecule has 0 aliphatic heterocycles. The van der Waals surface area contributed by atoms with E-state index in [9.17, 15) is 13.2 Å². The van der Waals surface area contributed by atoms with E-state index >= 15 is 0 Å². The molecule has 0 fully saturated rings. The summed E-state index contributed by atoms with van der Waals surface area (Å²) in [5, 5.41) is 6.30. The molecule has 3 aromatic rings. The number of aromatic nitrogens is 1. The highest BCUT2D eigenvalue weighted by Crippen LogP contribution is 2.28. The quantitative estimate of drug-likeness (QED) is 0.425. The van der Waals surface area contributed by atoms with Crippen LogP contribution in [0.2, 0.25) is 0 Å². The standard InChI is InChI=1S/C23H25N3O6S/c1-4-13-31-20-11-5-17(15-21(20)30-3)6-12-23(27)24-18-7-9-19(10-8-18)33(28,29)26-22-14-16(2)32-25-22/h5-12,14-15H,4,13H2,1-3H3,(H,24,27)(H,25,26)/b12-6+. The SMILES string of the molecule is CCCOc1ccc(/C=C/C(=O)Nc2ccc(S(=O)(=O)Nc3cc(C)on3)cc2)cc1OC. The lowest BCUT2D eigenvalue weighted by molar-refractivity contribution is -0.111. The first-order valence-electron chi connectivity index (χ1n) is 10.2. The van der Waals surface area contributed by atoms with Gasteiger partial charge in [0.15, 0.2) is 17.3 Å². The number of rotatable bonds is 10. The largest absolute Gasteiger partial charge is 0.493 e. The first kappa shape index (κ1) is 23.9. The summed E-state index contributed by atoms with van der Waals surface area (Å²) < 4.78 is 43.0. The monoisotopic (exact) mass is 471 g/mol. The molecule has 3 rings (SSSR count). The fraction of sp³-hybridized carbons (Fsp3) is 0.217. The van der Waals surface area contributed by atoms with Crippen LogP contribution in [0.15, 0.2) is 64.0 Å². The van der Waals surface area contributed by atoms with Crippen LogP contribution in [-0.2, 0) is 14.8 Å². The Hall–Kier alpha value is -3.79. The molecule has 2 aromatic carbocycles. The Morgan fingerprint density at radius 2 is 1.88 bits per heavy atom. The van der Waals surface area contributed by atoms with Gasteiger partial charge in [0, 0.05) is 17.8 Å². The van der Waals surface area contributed by atoms with Crippen LogP contribution in [0.3, 0.4) is 0 Å². The second kappa shape index (κ2) is 10.7. The maximum absolute atomic E-state index is 12.4. The smallest absolute Gasteiger partial charge is 0.263 e. The Morgan fingerprint density at radius 1 is 1.12 bits per heavy atom. The number of carbonyl (C=O) groups is 1. The van der Waals surface area contributed by atoms with Crippen molar-refractivity contribution in [3.63, 3.8) is 0 Å². The third-order valence-corrected chi connectivity index (χ3v) is 5.75. The van der Waals surface area contributed by atoms with Crippen molar-refractivity contribution in [3.8, 4) is 11.5 Å². The van der Waals surface area contributed by atoms with Gasteiger partial charge in [0.1, 0.15) is 5.76 Å². The number of nitrogens with zero attached hydrogens (tertiary/aromatic N) is 1. The molecule has 0 atom stereocenters. The molecule has 1 amide bonds. The molecule has 0 unspecified atom stereocenters. The van der Waals surface area contributed by atoms with Crippen LogP contribution >= 0.6 is 0 Å². The predicted octanol–water partition coefficient (Wildman–Crippen LogP) is 4.23. The number of carbonyl (C=O) groups excluding carboxylic acids is 1. The van der Waals surface area contributed by atoms with Gasteiger partial charge in [-0.05, 0) is 61.4 Å². The zero-order valence-corrected chi connectivity index (χ0v) is 19.3. The number of hydrogen-bond acceptors (Lipinski definition) is 7. The maximum atomic E-state index is 12.4. The first-order chi connectivity index (χ1) is 15.8. The molecule has 9 nitrogen and oxygen atoms in total. The number of aryl methyl sites for hydroxylation is 1. The number of benzene rings is 2. The van der Waals surface area contributed by atoms with Crippen LogP contribution in [0, 0.1) is 6.92 Å². The van der Waals surface area contributed by atoms with E-state index in [0.717, 1.165) is 12.0 Å². The summed E-state index contributed by atoms with van der Waals surface area (Å²) in [4.78, 5) is 12.3. The number of amides is 1. The molecular formula is C23H25N3O6S. The summed E-state index contributed by atoms with van der Waals surface area (Å²) in [6, 6.07) is 12.6. The van der Waals surface area contributed by atoms with Crippen LogP contribution in [0.1, 0.15) is 24.7 Å². The van der Waals surface area contributed by atoms with E-state index in [-0.39, 0.29) is 16.6 Å². The molecule has 1 heterocycles. The van der Waals surface area contributed by atoms with E-state index in [1.165, 1.54) is 36.4 Å². The minimum atomic E-state index is -3.83. The fourth-order valence-electron chi connectivity index (χ4n) is 2.80. The Morgan fingerprint density at radius 3 is 2.52 bits per heavy atom. The normalized spacial score (nSPS) is 11.4.